The number of rotatable bonds is 6. The van der Waals surface area contributed by atoms with Crippen LogP contribution < -0.4 is 4.74 Å². The number of hydrogen-bond acceptors (Lipinski definition) is 3. The van der Waals surface area contributed by atoms with Crippen LogP contribution in [0.5, 0.6) is 5.75 Å². The molecule has 0 heterocycles. The molecule has 0 spiro atoms. The van der Waals surface area contributed by atoms with Gasteiger partial charge >= 0.3 is 5.97 Å². The highest BCUT2D eigenvalue weighted by atomic mass is 35.5. The van der Waals surface area contributed by atoms with Gasteiger partial charge in [-0.15, -0.1) is 0 Å². The summed E-state index contributed by atoms with van der Waals surface area (Å²) >= 11 is 6.03. The van der Waals surface area contributed by atoms with E-state index in [9.17, 15) is 9.59 Å². The van der Waals surface area contributed by atoms with Crippen molar-refractivity contribution in [2.45, 2.75) is 20.0 Å². The molecule has 4 nitrogen and oxygen atoms in total. The van der Waals surface area contributed by atoms with Crippen LogP contribution in [0.1, 0.15) is 28.4 Å². The third-order valence-electron chi connectivity index (χ3n) is 3.17. The number of carbonyl (C=O) groups excluding carboxylic acids is 1. The minimum absolute atomic E-state index is 0.0520. The van der Waals surface area contributed by atoms with Crippen molar-refractivity contribution in [3.8, 4) is 5.75 Å². The summed E-state index contributed by atoms with van der Waals surface area (Å²) in [5.41, 5.74) is 1.96. The van der Waals surface area contributed by atoms with Gasteiger partial charge in [0.15, 0.2) is 5.78 Å². The number of benzene rings is 2. The van der Waals surface area contributed by atoms with Gasteiger partial charge in [-0.25, -0.2) is 0 Å². The first-order valence-corrected chi connectivity index (χ1v) is 7.07. The minimum Gasteiger partial charge on any atom is -0.489 e. The van der Waals surface area contributed by atoms with Gasteiger partial charge in [-0.1, -0.05) is 35.9 Å². The third kappa shape index (κ3) is 4.09. The summed E-state index contributed by atoms with van der Waals surface area (Å²) in [7, 11) is 0. The van der Waals surface area contributed by atoms with Crippen molar-refractivity contribution in [2.24, 2.45) is 0 Å². The number of carboxylic acids is 1. The summed E-state index contributed by atoms with van der Waals surface area (Å²) in [6, 6.07) is 12.1. The van der Waals surface area contributed by atoms with E-state index in [1.54, 1.807) is 30.3 Å². The molecule has 0 radical (unpaired) electrons. The van der Waals surface area contributed by atoms with Crippen LogP contribution in [0.2, 0.25) is 5.02 Å². The number of ketones is 1. The van der Waals surface area contributed by atoms with Crippen molar-refractivity contribution in [3.63, 3.8) is 0 Å². The molecule has 0 bridgehead atoms. The fourth-order valence-electron chi connectivity index (χ4n) is 2.07. The van der Waals surface area contributed by atoms with Crippen molar-refractivity contribution < 1.29 is 19.4 Å². The molecule has 0 saturated heterocycles. The number of aliphatic carboxylic acids is 1. The SMILES string of the molecule is CC(=O)c1ccc(OCc2ccccc2CC(=O)O)cc1Cl. The molecular weight excluding hydrogens is 304 g/mol. The van der Waals surface area contributed by atoms with Gasteiger partial charge in [0.25, 0.3) is 0 Å². The van der Waals surface area contributed by atoms with Crippen molar-refractivity contribution >= 4 is 23.4 Å². The number of ether oxygens (including phenoxy) is 1. The lowest BCUT2D eigenvalue weighted by molar-refractivity contribution is -0.136. The average molecular weight is 319 g/mol. The van der Waals surface area contributed by atoms with Crippen LogP contribution in [-0.4, -0.2) is 16.9 Å². The van der Waals surface area contributed by atoms with Crippen molar-refractivity contribution in [1.29, 1.82) is 0 Å². The zero-order valence-corrected chi connectivity index (χ0v) is 12.8. The lowest BCUT2D eigenvalue weighted by atomic mass is 10.1. The molecule has 0 aliphatic rings. The maximum absolute atomic E-state index is 11.3. The molecule has 114 valence electrons. The Labute approximate surface area is 133 Å². The number of Topliss-reactive ketones (excluding diaryl/α,β-unsaturated/α-hetero) is 1. The van der Waals surface area contributed by atoms with E-state index in [4.69, 9.17) is 21.4 Å². The van der Waals surface area contributed by atoms with Gasteiger partial charge in [0.1, 0.15) is 12.4 Å². The summed E-state index contributed by atoms with van der Waals surface area (Å²) in [5.74, 6) is -0.468. The van der Waals surface area contributed by atoms with Crippen LogP contribution in [0.3, 0.4) is 0 Å². The Hall–Kier alpha value is -2.33. The Morgan fingerprint density at radius 1 is 1.14 bits per heavy atom. The molecule has 2 aromatic rings. The van der Waals surface area contributed by atoms with Crippen LogP contribution in [0.15, 0.2) is 42.5 Å². The van der Waals surface area contributed by atoms with E-state index in [2.05, 4.69) is 0 Å². The number of hydrogen-bond donors (Lipinski definition) is 1. The smallest absolute Gasteiger partial charge is 0.307 e. The first kappa shape index (κ1) is 16.0. The quantitative estimate of drug-likeness (QED) is 0.824. The van der Waals surface area contributed by atoms with Crippen LogP contribution in [0, 0.1) is 0 Å². The summed E-state index contributed by atoms with van der Waals surface area (Å²) in [6.45, 7) is 1.68. The molecule has 5 heteroatoms. The molecule has 22 heavy (non-hydrogen) atoms. The normalized spacial score (nSPS) is 10.3. The van der Waals surface area contributed by atoms with Crippen molar-refractivity contribution in [1.82, 2.24) is 0 Å². The van der Waals surface area contributed by atoms with Crippen molar-refractivity contribution in [3.05, 3.63) is 64.2 Å². The highest BCUT2D eigenvalue weighted by molar-refractivity contribution is 6.34. The lowest BCUT2D eigenvalue weighted by Crippen LogP contribution is -2.06. The summed E-state index contributed by atoms with van der Waals surface area (Å²) in [5, 5.41) is 9.24. The summed E-state index contributed by atoms with van der Waals surface area (Å²) in [4.78, 5) is 22.2. The maximum atomic E-state index is 11.3. The average Bonchev–Trinajstić information content (AvgIpc) is 2.45. The molecule has 0 aliphatic heterocycles. The highest BCUT2D eigenvalue weighted by Crippen LogP contribution is 2.24. The van der Waals surface area contributed by atoms with E-state index >= 15 is 0 Å². The van der Waals surface area contributed by atoms with Crippen LogP contribution in [0.4, 0.5) is 0 Å². The molecule has 0 atom stereocenters. The van der Waals surface area contributed by atoms with Gasteiger partial charge in [-0.3, -0.25) is 9.59 Å². The number of carboxylic acid groups (broad SMARTS) is 1. The zero-order chi connectivity index (χ0) is 16.1. The number of halogens is 1. The van der Waals surface area contributed by atoms with Gasteiger partial charge < -0.3 is 9.84 Å². The monoisotopic (exact) mass is 318 g/mol. The van der Waals surface area contributed by atoms with E-state index in [0.717, 1.165) is 5.56 Å². The molecule has 0 aromatic heterocycles. The Morgan fingerprint density at radius 3 is 2.41 bits per heavy atom. The first-order valence-electron chi connectivity index (χ1n) is 6.69. The zero-order valence-electron chi connectivity index (χ0n) is 12.0. The fourth-order valence-corrected chi connectivity index (χ4v) is 2.37. The molecule has 2 aromatic carbocycles. The molecule has 0 aliphatic carbocycles. The van der Waals surface area contributed by atoms with Crippen molar-refractivity contribution in [2.75, 3.05) is 0 Å². The fraction of sp³-hybridized carbons (Fsp3) is 0.176. The summed E-state index contributed by atoms with van der Waals surface area (Å²) < 4.78 is 5.64. The Morgan fingerprint density at radius 2 is 1.82 bits per heavy atom. The Balaban J connectivity index is 2.12. The van der Waals surface area contributed by atoms with E-state index in [-0.39, 0.29) is 18.8 Å². The van der Waals surface area contributed by atoms with Gasteiger partial charge in [0.2, 0.25) is 0 Å². The molecule has 0 unspecified atom stereocenters. The second kappa shape index (κ2) is 7.09. The van der Waals surface area contributed by atoms with E-state index < -0.39 is 5.97 Å². The molecular formula is C17H15ClO4. The summed E-state index contributed by atoms with van der Waals surface area (Å²) in [6.07, 6.45) is -0.0520. The first-order chi connectivity index (χ1) is 10.5. The van der Waals surface area contributed by atoms with E-state index in [1.807, 2.05) is 12.1 Å². The van der Waals surface area contributed by atoms with Gasteiger partial charge in [-0.2, -0.15) is 0 Å². The van der Waals surface area contributed by atoms with Crippen LogP contribution in [-0.2, 0) is 17.8 Å². The van der Waals surface area contributed by atoms with Crippen LogP contribution in [0.25, 0.3) is 0 Å². The minimum atomic E-state index is -0.888. The largest absolute Gasteiger partial charge is 0.489 e. The van der Waals surface area contributed by atoms with E-state index in [0.29, 0.717) is 21.9 Å². The van der Waals surface area contributed by atoms with Gasteiger partial charge in [0.05, 0.1) is 11.4 Å². The van der Waals surface area contributed by atoms with Gasteiger partial charge in [0, 0.05) is 5.56 Å². The molecule has 0 amide bonds. The second-order valence-corrected chi connectivity index (χ2v) is 5.23. The van der Waals surface area contributed by atoms with Crippen LogP contribution >= 0.6 is 11.6 Å². The molecule has 2 rings (SSSR count). The molecule has 0 saturated carbocycles. The molecule has 0 fully saturated rings. The number of carbonyl (C=O) groups is 2. The predicted molar refractivity (Wildman–Crippen MR) is 83.6 cm³/mol. The standard InChI is InChI=1S/C17H15ClO4/c1-11(19)15-7-6-14(9-16(15)18)22-10-13-5-3-2-4-12(13)8-17(20)21/h2-7,9H,8,10H2,1H3,(H,20,21). The van der Waals surface area contributed by atoms with Gasteiger partial charge in [-0.05, 0) is 36.2 Å². The Bertz CT molecular complexity index is 710. The maximum Gasteiger partial charge on any atom is 0.307 e. The highest BCUT2D eigenvalue weighted by Gasteiger charge is 2.09. The molecule has 1 N–H and O–H groups in total. The van der Waals surface area contributed by atoms with E-state index in [1.165, 1.54) is 6.92 Å². The third-order valence-corrected chi connectivity index (χ3v) is 3.49. The topological polar surface area (TPSA) is 63.6 Å². The Kier molecular flexibility index (Phi) is 5.17. The second-order valence-electron chi connectivity index (χ2n) is 4.83. The lowest BCUT2D eigenvalue weighted by Gasteiger charge is -2.11. The predicted octanol–water partition coefficient (Wildman–Crippen LogP) is 3.75.